The fourth-order valence-electron chi connectivity index (χ4n) is 5.53. The number of piperidine rings is 1. The van der Waals surface area contributed by atoms with E-state index in [1.54, 1.807) is 18.9 Å². The monoisotopic (exact) mass is 549 g/mol. The molecule has 224 valence electrons. The van der Waals surface area contributed by atoms with Crippen molar-refractivity contribution in [1.29, 1.82) is 0 Å². The van der Waals surface area contributed by atoms with Crippen molar-refractivity contribution in [2.75, 3.05) is 53.0 Å². The number of carbonyl (C=O) groups is 3. The minimum Gasteiger partial charge on any atom is -0.379 e. The van der Waals surface area contributed by atoms with Gasteiger partial charge in [-0.2, -0.15) is 0 Å². The fraction of sp³-hybridized carbons (Fsp3) is 0.833. The Bertz CT molecular complexity index is 822. The van der Waals surface area contributed by atoms with Crippen LogP contribution in [0.25, 0.3) is 0 Å². The lowest BCUT2D eigenvalue weighted by molar-refractivity contribution is -0.140. The quantitative estimate of drug-likeness (QED) is 0.271. The van der Waals surface area contributed by atoms with E-state index in [2.05, 4.69) is 34.3 Å². The number of nitrogens with zero attached hydrogens (tertiary/aromatic N) is 3. The van der Waals surface area contributed by atoms with Crippen LogP contribution < -0.4 is 10.6 Å². The first-order valence-electron chi connectivity index (χ1n) is 15.0. The Morgan fingerprint density at radius 2 is 1.67 bits per heavy atom. The largest absolute Gasteiger partial charge is 0.379 e. The number of hydrogen-bond acceptors (Lipinski definition) is 6. The van der Waals surface area contributed by atoms with Crippen LogP contribution in [0.4, 0.5) is 0 Å². The Labute approximate surface area is 237 Å². The van der Waals surface area contributed by atoms with Crippen molar-refractivity contribution in [2.45, 2.75) is 98.3 Å². The van der Waals surface area contributed by atoms with Crippen LogP contribution in [0.5, 0.6) is 0 Å². The van der Waals surface area contributed by atoms with Gasteiger partial charge in [0.05, 0.1) is 25.3 Å². The van der Waals surface area contributed by atoms with Crippen LogP contribution in [-0.4, -0.2) is 110 Å². The molecule has 2 N–H and O–H groups in total. The summed E-state index contributed by atoms with van der Waals surface area (Å²) in [7, 11) is 1.78. The third-order valence-electron chi connectivity index (χ3n) is 8.04. The molecular formula is C30H55N5O4. The van der Waals surface area contributed by atoms with E-state index in [9.17, 15) is 14.4 Å². The fourth-order valence-corrected chi connectivity index (χ4v) is 5.53. The van der Waals surface area contributed by atoms with Crippen LogP contribution in [-0.2, 0) is 19.1 Å². The summed E-state index contributed by atoms with van der Waals surface area (Å²) in [5, 5.41) is 6.12. The van der Waals surface area contributed by atoms with Crippen molar-refractivity contribution < 1.29 is 19.1 Å². The molecular weight excluding hydrogens is 494 g/mol. The maximum absolute atomic E-state index is 13.7. The Hall–Kier alpha value is -1.97. The topological polar surface area (TPSA) is 94.2 Å². The van der Waals surface area contributed by atoms with Crippen molar-refractivity contribution in [3.8, 4) is 0 Å². The molecule has 2 fully saturated rings. The minimum atomic E-state index is -0.623. The SMILES string of the molecule is C/C(=C\[C@H](C(C)C)N(C)C(=O)C(NC(=O)C1CCCCN1C(C)C)C(C)C)C(=O)NCCCN1CCOCC1. The lowest BCUT2D eigenvalue weighted by Gasteiger charge is -2.39. The highest BCUT2D eigenvalue weighted by Gasteiger charge is 2.36. The number of morpholine rings is 1. The predicted octanol–water partition coefficient (Wildman–Crippen LogP) is 2.66. The second kappa shape index (κ2) is 16.3. The summed E-state index contributed by atoms with van der Waals surface area (Å²) in [6.07, 6.45) is 5.71. The molecule has 0 bridgehead atoms. The molecule has 9 nitrogen and oxygen atoms in total. The number of carbonyl (C=O) groups excluding carboxylic acids is 3. The van der Waals surface area contributed by atoms with Gasteiger partial charge in [-0.25, -0.2) is 0 Å². The summed E-state index contributed by atoms with van der Waals surface area (Å²) < 4.78 is 5.39. The van der Waals surface area contributed by atoms with E-state index in [1.807, 2.05) is 33.8 Å². The maximum atomic E-state index is 13.7. The van der Waals surface area contributed by atoms with Gasteiger partial charge in [-0.1, -0.05) is 40.2 Å². The van der Waals surface area contributed by atoms with Crippen LogP contribution in [0.15, 0.2) is 11.6 Å². The summed E-state index contributed by atoms with van der Waals surface area (Å²) in [5.74, 6) is -0.260. The first-order valence-corrected chi connectivity index (χ1v) is 15.0. The highest BCUT2D eigenvalue weighted by Crippen LogP contribution is 2.21. The molecule has 2 aliphatic heterocycles. The van der Waals surface area contributed by atoms with Gasteiger partial charge in [-0.05, 0) is 65.0 Å². The zero-order valence-corrected chi connectivity index (χ0v) is 25.8. The average molecular weight is 550 g/mol. The molecule has 9 heteroatoms. The number of likely N-dealkylation sites (N-methyl/N-ethyl adjacent to an activating group) is 1. The highest BCUT2D eigenvalue weighted by atomic mass is 16.5. The van der Waals surface area contributed by atoms with E-state index in [-0.39, 0.29) is 47.7 Å². The Morgan fingerprint density at radius 3 is 2.26 bits per heavy atom. The molecule has 0 aromatic carbocycles. The third kappa shape index (κ3) is 10.2. The van der Waals surface area contributed by atoms with Crippen LogP contribution in [0, 0.1) is 11.8 Å². The Kier molecular flexibility index (Phi) is 13.9. The van der Waals surface area contributed by atoms with Crippen LogP contribution in [0.2, 0.25) is 0 Å². The molecule has 0 aromatic heterocycles. The molecule has 0 aromatic rings. The van der Waals surface area contributed by atoms with Gasteiger partial charge >= 0.3 is 0 Å². The molecule has 2 rings (SSSR count). The predicted molar refractivity (Wildman–Crippen MR) is 156 cm³/mol. The van der Waals surface area contributed by atoms with E-state index in [0.717, 1.165) is 65.1 Å². The summed E-state index contributed by atoms with van der Waals surface area (Å²) in [6, 6.07) is -0.812. The van der Waals surface area contributed by atoms with Crippen molar-refractivity contribution >= 4 is 17.7 Å². The molecule has 2 unspecified atom stereocenters. The lowest BCUT2D eigenvalue weighted by Crippen LogP contribution is -2.58. The van der Waals surface area contributed by atoms with Gasteiger partial charge in [0.2, 0.25) is 17.7 Å². The zero-order valence-electron chi connectivity index (χ0n) is 25.8. The van der Waals surface area contributed by atoms with Crippen LogP contribution in [0.3, 0.4) is 0 Å². The first kappa shape index (κ1) is 33.2. The molecule has 3 amide bonds. The van der Waals surface area contributed by atoms with Gasteiger partial charge in [-0.3, -0.25) is 24.2 Å². The molecule has 0 spiro atoms. The lowest BCUT2D eigenvalue weighted by atomic mass is 9.95. The summed E-state index contributed by atoms with van der Waals surface area (Å²) >= 11 is 0. The minimum absolute atomic E-state index is 0.0619. The van der Waals surface area contributed by atoms with Gasteiger partial charge in [-0.15, -0.1) is 0 Å². The molecule has 0 radical (unpaired) electrons. The molecule has 3 atom stereocenters. The molecule has 2 aliphatic rings. The summed E-state index contributed by atoms with van der Waals surface area (Å²) in [6.45, 7) is 19.9. The molecule has 0 saturated carbocycles. The van der Waals surface area contributed by atoms with Crippen LogP contribution in [0.1, 0.15) is 74.1 Å². The van der Waals surface area contributed by atoms with E-state index in [4.69, 9.17) is 4.74 Å². The maximum Gasteiger partial charge on any atom is 0.246 e. The van der Waals surface area contributed by atoms with Crippen molar-refractivity contribution in [3.63, 3.8) is 0 Å². The van der Waals surface area contributed by atoms with E-state index in [1.165, 1.54) is 0 Å². The number of rotatable bonds is 13. The van der Waals surface area contributed by atoms with Gasteiger partial charge in [0.1, 0.15) is 6.04 Å². The summed E-state index contributed by atoms with van der Waals surface area (Å²) in [5.41, 5.74) is 0.597. The first-order chi connectivity index (χ1) is 18.4. The molecule has 39 heavy (non-hydrogen) atoms. The van der Waals surface area contributed by atoms with Gasteiger partial charge in [0.25, 0.3) is 0 Å². The second-order valence-corrected chi connectivity index (χ2v) is 12.2. The van der Waals surface area contributed by atoms with Gasteiger partial charge < -0.3 is 20.3 Å². The smallest absolute Gasteiger partial charge is 0.246 e. The van der Waals surface area contributed by atoms with Crippen LogP contribution >= 0.6 is 0 Å². The Balaban J connectivity index is 2.01. The normalized spacial score (nSPS) is 21.2. The van der Waals surface area contributed by atoms with E-state index in [0.29, 0.717) is 12.1 Å². The Morgan fingerprint density at radius 1 is 1.00 bits per heavy atom. The number of likely N-dealkylation sites (tertiary alicyclic amines) is 1. The zero-order chi connectivity index (χ0) is 29.1. The number of nitrogens with one attached hydrogen (secondary N) is 2. The van der Waals surface area contributed by atoms with E-state index >= 15 is 0 Å². The van der Waals surface area contributed by atoms with E-state index < -0.39 is 6.04 Å². The van der Waals surface area contributed by atoms with Gasteiger partial charge in [0.15, 0.2) is 0 Å². The number of ether oxygens (including phenoxy) is 1. The molecule has 2 saturated heterocycles. The second-order valence-electron chi connectivity index (χ2n) is 12.2. The van der Waals surface area contributed by atoms with Crippen molar-refractivity contribution in [2.24, 2.45) is 11.8 Å². The van der Waals surface area contributed by atoms with Gasteiger partial charge in [0, 0.05) is 38.3 Å². The number of hydrogen-bond donors (Lipinski definition) is 2. The standard InChI is InChI=1S/C30H55N5O4/c1-21(2)26(20-24(7)28(36)31-13-11-14-34-16-18-39-19-17-34)33(8)30(38)27(22(3)4)32-29(37)25-12-9-10-15-35(25)23(5)6/h20-23,25-27H,9-19H2,1-8H3,(H,31,36)(H,32,37)/b24-20+/t25?,26-,27?/m1/s1. The highest BCUT2D eigenvalue weighted by molar-refractivity contribution is 5.93. The van der Waals surface area contributed by atoms with Crippen molar-refractivity contribution in [3.05, 3.63) is 11.6 Å². The molecule has 0 aliphatic carbocycles. The average Bonchev–Trinajstić information content (AvgIpc) is 2.91. The van der Waals surface area contributed by atoms with Crippen molar-refractivity contribution in [1.82, 2.24) is 25.3 Å². The number of amides is 3. The molecule has 2 heterocycles. The summed E-state index contributed by atoms with van der Waals surface area (Å²) in [4.78, 5) is 46.2. The third-order valence-corrected chi connectivity index (χ3v) is 8.04.